The molecule has 0 saturated carbocycles. The van der Waals surface area contributed by atoms with Gasteiger partial charge in [-0.15, -0.1) is 12.4 Å². The molecule has 0 fully saturated rings. The maximum atomic E-state index is 9.42. The minimum atomic E-state index is -0.690. The number of carbonyl (C=O) groups is 1. The summed E-state index contributed by atoms with van der Waals surface area (Å²) in [6.45, 7) is 3.78. The topological polar surface area (TPSA) is 83.5 Å². The van der Waals surface area contributed by atoms with E-state index in [9.17, 15) is 9.90 Å². The van der Waals surface area contributed by atoms with Crippen molar-refractivity contribution in [1.29, 1.82) is 0 Å². The Kier molecular flexibility index (Phi) is 29.6. The Morgan fingerprint density at radius 2 is 1.17 bits per heavy atom. The van der Waals surface area contributed by atoms with E-state index in [0.29, 0.717) is 0 Å². The maximum absolute atomic E-state index is 9.42. The average Bonchev–Trinajstić information content (AvgIpc) is 2.56. The van der Waals surface area contributed by atoms with Gasteiger partial charge in [0.2, 0.25) is 5.91 Å². The van der Waals surface area contributed by atoms with E-state index in [1.807, 2.05) is 0 Å². The number of aliphatic hydroxyl groups excluding tert-OH is 2. The van der Waals surface area contributed by atoms with E-state index in [2.05, 4.69) is 19.6 Å². The van der Waals surface area contributed by atoms with Crippen LogP contribution in [0.4, 0.5) is 0 Å². The van der Waals surface area contributed by atoms with Gasteiger partial charge in [0.25, 0.3) is 0 Å². The summed E-state index contributed by atoms with van der Waals surface area (Å²) < 4.78 is 0. The van der Waals surface area contributed by atoms with E-state index >= 15 is 0 Å². The van der Waals surface area contributed by atoms with Gasteiger partial charge in [0.05, 0.1) is 6.10 Å². The highest BCUT2D eigenvalue weighted by Gasteiger charge is 1.99. The molecular weight excluding hydrogens is 326 g/mol. The van der Waals surface area contributed by atoms with Crippen LogP contribution >= 0.6 is 12.4 Å². The molecule has 1 amide bonds. The molecule has 0 rings (SSSR count). The smallest absolute Gasteiger partial charge is 0.243 e. The Labute approximate surface area is 156 Å². The Balaban J connectivity index is -0.000000639. The number of hydrogen-bond acceptors (Lipinski definition) is 3. The quantitative estimate of drug-likeness (QED) is 0.366. The van der Waals surface area contributed by atoms with E-state index in [0.717, 1.165) is 12.8 Å². The third-order valence-corrected chi connectivity index (χ3v) is 4.02. The molecule has 4 N–H and O–H groups in total. The Morgan fingerprint density at radius 3 is 1.46 bits per heavy atom. The first-order valence-corrected chi connectivity index (χ1v) is 9.65. The fourth-order valence-electron chi connectivity index (χ4n) is 2.43. The number of rotatable bonds is 15. The molecule has 0 aromatic rings. The monoisotopic (exact) mass is 367 g/mol. The molecule has 1 unspecified atom stereocenters. The number of amides is 1. The van der Waals surface area contributed by atoms with Crippen LogP contribution in [0.25, 0.3) is 0 Å². The van der Waals surface area contributed by atoms with Crippen LogP contribution in [-0.2, 0) is 4.79 Å². The van der Waals surface area contributed by atoms with E-state index in [1.54, 1.807) is 0 Å². The molecule has 0 saturated heterocycles. The van der Waals surface area contributed by atoms with E-state index in [4.69, 9.17) is 5.11 Å². The third-order valence-electron chi connectivity index (χ3n) is 4.02. The molecule has 0 radical (unpaired) electrons. The third kappa shape index (κ3) is 29.7. The van der Waals surface area contributed by atoms with Crippen LogP contribution in [-0.4, -0.2) is 28.8 Å². The largest absolute Gasteiger partial charge is 0.393 e. The maximum Gasteiger partial charge on any atom is 0.243 e. The number of hydrogen-bond donors (Lipinski definition) is 3. The van der Waals surface area contributed by atoms with Gasteiger partial charge < -0.3 is 15.9 Å². The van der Waals surface area contributed by atoms with Gasteiger partial charge in [-0.05, 0) is 12.8 Å². The first-order valence-electron chi connectivity index (χ1n) is 9.65. The summed E-state index contributed by atoms with van der Waals surface area (Å²) in [5.41, 5.74) is 4.40. The zero-order valence-electron chi connectivity index (χ0n) is 16.0. The minimum absolute atomic E-state index is 0. The van der Waals surface area contributed by atoms with E-state index < -0.39 is 12.5 Å². The SMILES string of the molecule is CCCCCCCCCCCCCCC(O)CC.Cl.NC(=O)CO. The summed E-state index contributed by atoms with van der Waals surface area (Å²) in [6.07, 6.45) is 18.6. The zero-order valence-corrected chi connectivity index (χ0v) is 16.8. The average molecular weight is 368 g/mol. The van der Waals surface area contributed by atoms with Crippen LogP contribution in [0.2, 0.25) is 0 Å². The van der Waals surface area contributed by atoms with Gasteiger partial charge >= 0.3 is 0 Å². The summed E-state index contributed by atoms with van der Waals surface area (Å²) in [4.78, 5) is 9.34. The van der Waals surface area contributed by atoms with Crippen molar-refractivity contribution in [3.63, 3.8) is 0 Å². The van der Waals surface area contributed by atoms with E-state index in [-0.39, 0.29) is 18.5 Å². The highest BCUT2D eigenvalue weighted by Crippen LogP contribution is 2.13. The van der Waals surface area contributed by atoms with Gasteiger partial charge in [-0.25, -0.2) is 0 Å². The Hall–Kier alpha value is -0.320. The second-order valence-corrected chi connectivity index (χ2v) is 6.36. The van der Waals surface area contributed by atoms with Gasteiger partial charge in [0.15, 0.2) is 0 Å². The van der Waals surface area contributed by atoms with Crippen molar-refractivity contribution in [1.82, 2.24) is 0 Å². The normalized spacial score (nSPS) is 11.2. The molecule has 24 heavy (non-hydrogen) atoms. The first kappa shape index (κ1) is 28.5. The lowest BCUT2D eigenvalue weighted by atomic mass is 10.0. The molecule has 0 spiro atoms. The first-order chi connectivity index (χ1) is 11.1. The van der Waals surface area contributed by atoms with Crippen molar-refractivity contribution in [2.75, 3.05) is 6.61 Å². The van der Waals surface area contributed by atoms with Crippen LogP contribution in [0.3, 0.4) is 0 Å². The van der Waals surface area contributed by atoms with Crippen molar-refractivity contribution in [3.05, 3.63) is 0 Å². The molecule has 0 bridgehead atoms. The van der Waals surface area contributed by atoms with Crippen molar-refractivity contribution < 1.29 is 15.0 Å². The van der Waals surface area contributed by atoms with Crippen LogP contribution in [0, 0.1) is 0 Å². The molecular formula is C19H42ClNO3. The van der Waals surface area contributed by atoms with E-state index in [1.165, 1.54) is 77.0 Å². The number of primary amides is 1. The second-order valence-electron chi connectivity index (χ2n) is 6.36. The van der Waals surface area contributed by atoms with Crippen molar-refractivity contribution in [2.24, 2.45) is 5.73 Å². The summed E-state index contributed by atoms with van der Waals surface area (Å²) in [5.74, 6) is -0.690. The molecule has 4 nitrogen and oxygen atoms in total. The minimum Gasteiger partial charge on any atom is -0.393 e. The fraction of sp³-hybridized carbons (Fsp3) is 0.947. The zero-order chi connectivity index (χ0) is 17.8. The predicted octanol–water partition coefficient (Wildman–Crippen LogP) is 4.73. The van der Waals surface area contributed by atoms with Crippen LogP contribution < -0.4 is 5.73 Å². The van der Waals surface area contributed by atoms with Gasteiger partial charge in [0.1, 0.15) is 6.61 Å². The lowest BCUT2D eigenvalue weighted by Crippen LogP contribution is -2.14. The fourth-order valence-corrected chi connectivity index (χ4v) is 2.43. The second kappa shape index (κ2) is 24.9. The molecule has 0 heterocycles. The van der Waals surface area contributed by atoms with Gasteiger partial charge in [-0.1, -0.05) is 90.9 Å². The predicted molar refractivity (Wildman–Crippen MR) is 106 cm³/mol. The molecule has 0 aliphatic heterocycles. The highest BCUT2D eigenvalue weighted by molar-refractivity contribution is 5.85. The van der Waals surface area contributed by atoms with Crippen LogP contribution in [0.15, 0.2) is 0 Å². The number of unbranched alkanes of at least 4 members (excludes halogenated alkanes) is 11. The van der Waals surface area contributed by atoms with Crippen molar-refractivity contribution >= 4 is 18.3 Å². The van der Waals surface area contributed by atoms with Gasteiger partial charge in [0, 0.05) is 0 Å². The van der Waals surface area contributed by atoms with Gasteiger partial charge in [-0.3, -0.25) is 4.79 Å². The Morgan fingerprint density at radius 1 is 0.833 bits per heavy atom. The lowest BCUT2D eigenvalue weighted by Gasteiger charge is -2.06. The highest BCUT2D eigenvalue weighted by atomic mass is 35.5. The molecule has 0 aromatic carbocycles. The molecule has 1 atom stereocenters. The molecule has 0 aliphatic rings. The summed E-state index contributed by atoms with van der Waals surface area (Å²) in [5, 5.41) is 17.1. The molecule has 5 heteroatoms. The summed E-state index contributed by atoms with van der Waals surface area (Å²) >= 11 is 0. The number of nitrogens with two attached hydrogens (primary N) is 1. The van der Waals surface area contributed by atoms with Crippen molar-refractivity contribution in [2.45, 2.75) is 110 Å². The lowest BCUT2D eigenvalue weighted by molar-refractivity contribution is -0.120. The summed E-state index contributed by atoms with van der Waals surface area (Å²) in [7, 11) is 0. The van der Waals surface area contributed by atoms with Gasteiger partial charge in [-0.2, -0.15) is 0 Å². The van der Waals surface area contributed by atoms with Crippen LogP contribution in [0.1, 0.15) is 104 Å². The number of halogens is 1. The standard InChI is InChI=1S/C17H36O.C2H5NO2.ClH/c1-3-5-6-7-8-9-10-11-12-13-14-15-16-17(18)4-2;3-2(5)1-4;/h17-18H,3-16H2,1-2H3;4H,1H2,(H2,3,5);1H. The molecule has 0 aromatic heterocycles. The molecule has 0 aliphatic carbocycles. The Bertz CT molecular complexity index is 241. The summed E-state index contributed by atoms with van der Waals surface area (Å²) in [6, 6.07) is 0. The van der Waals surface area contributed by atoms with Crippen molar-refractivity contribution in [3.8, 4) is 0 Å². The number of carbonyl (C=O) groups excluding carboxylic acids is 1. The molecule has 148 valence electrons. The van der Waals surface area contributed by atoms with Crippen LogP contribution in [0.5, 0.6) is 0 Å². The number of aliphatic hydroxyl groups is 2.